The van der Waals surface area contributed by atoms with Crippen molar-refractivity contribution >= 4 is 27.6 Å². The van der Waals surface area contributed by atoms with Gasteiger partial charge in [0.25, 0.3) is 0 Å². The van der Waals surface area contributed by atoms with Crippen molar-refractivity contribution < 1.29 is 14.3 Å². The van der Waals surface area contributed by atoms with Crippen molar-refractivity contribution in [1.29, 1.82) is 0 Å². The number of carbonyl (C=O) groups excluding carboxylic acids is 1. The van der Waals surface area contributed by atoms with Gasteiger partial charge in [0, 0.05) is 0 Å². The van der Waals surface area contributed by atoms with Crippen molar-refractivity contribution in [3.05, 3.63) is 23.0 Å². The summed E-state index contributed by atoms with van der Waals surface area (Å²) < 4.78 is 11.9. The van der Waals surface area contributed by atoms with Gasteiger partial charge in [-0.15, -0.1) is 4.99 Å². The van der Waals surface area contributed by atoms with Crippen LogP contribution in [-0.4, -0.2) is 25.0 Å². The zero-order valence-electron chi connectivity index (χ0n) is 9.34. The summed E-state index contributed by atoms with van der Waals surface area (Å²) in [6.45, 7) is 0. The maximum absolute atomic E-state index is 11.1. The summed E-state index contributed by atoms with van der Waals surface area (Å²) in [5.41, 5.74) is 0.697. The molecule has 90 valence electrons. The first-order chi connectivity index (χ1) is 8.17. The summed E-state index contributed by atoms with van der Waals surface area (Å²) in [4.78, 5) is 15.2. The maximum atomic E-state index is 11.1. The number of carbonyl (C=O) groups is 1. The topological polar surface area (TPSA) is 78.8 Å². The molecule has 0 aliphatic heterocycles. The average molecular weight is 253 g/mol. The van der Waals surface area contributed by atoms with Crippen LogP contribution in [0, 0.1) is 0 Å². The molecule has 6 nitrogen and oxygen atoms in total. The summed E-state index contributed by atoms with van der Waals surface area (Å²) in [7, 11) is 2.82. The van der Waals surface area contributed by atoms with Gasteiger partial charge in [0.05, 0.1) is 18.9 Å². The fourth-order valence-corrected chi connectivity index (χ4v) is 2.38. The molecular weight excluding hydrogens is 242 g/mol. The number of hydrogen-bond acceptors (Lipinski definition) is 5. The van der Waals surface area contributed by atoms with E-state index in [9.17, 15) is 4.79 Å². The Kier molecular flexibility index (Phi) is 3.01. The Balaban J connectivity index is 2.73. The Morgan fingerprint density at radius 3 is 2.88 bits per heavy atom. The number of fused-ring (bicyclic) bond motifs is 1. The molecule has 0 spiro atoms. The minimum Gasteiger partial charge on any atom is -0.494 e. The second kappa shape index (κ2) is 4.46. The lowest BCUT2D eigenvalue weighted by molar-refractivity contribution is 0.181. The van der Waals surface area contributed by atoms with Crippen molar-refractivity contribution in [2.24, 2.45) is 4.99 Å². The fraction of sp³-hybridized carbons (Fsp3) is 0.200. The summed E-state index contributed by atoms with van der Waals surface area (Å²) in [6, 6.07) is 5.52. The molecule has 0 fully saturated rings. The van der Waals surface area contributed by atoms with E-state index in [2.05, 4.69) is 9.73 Å². The molecule has 1 aromatic carbocycles. The number of aromatic nitrogens is 1. The van der Waals surface area contributed by atoms with Gasteiger partial charge in [-0.05, 0) is 12.1 Å². The normalized spacial score (nSPS) is 11.8. The van der Waals surface area contributed by atoms with E-state index in [1.54, 1.807) is 13.2 Å². The Morgan fingerprint density at radius 1 is 1.47 bits per heavy atom. The number of hydrogen-bond donors (Lipinski definition) is 1. The second-order valence-corrected chi connectivity index (χ2v) is 4.15. The van der Waals surface area contributed by atoms with Crippen LogP contribution >= 0.6 is 11.3 Å². The van der Waals surface area contributed by atoms with E-state index in [1.165, 1.54) is 23.1 Å². The van der Waals surface area contributed by atoms with Crippen LogP contribution in [-0.2, 0) is 4.74 Å². The van der Waals surface area contributed by atoms with Gasteiger partial charge in [-0.3, -0.25) is 0 Å². The lowest BCUT2D eigenvalue weighted by Gasteiger charge is -2.02. The van der Waals surface area contributed by atoms with Crippen molar-refractivity contribution in [1.82, 2.24) is 4.68 Å². The van der Waals surface area contributed by atoms with Crippen LogP contribution in [0.5, 0.6) is 5.75 Å². The second-order valence-electron chi connectivity index (χ2n) is 3.14. The maximum Gasteiger partial charge on any atom is 0.436 e. The number of para-hydroxylation sites is 1. The highest BCUT2D eigenvalue weighted by molar-refractivity contribution is 7.16. The van der Waals surface area contributed by atoms with Crippen LogP contribution in [0.3, 0.4) is 0 Å². The molecule has 2 N–H and O–H groups in total. The van der Waals surface area contributed by atoms with Crippen LogP contribution in [0.25, 0.3) is 10.2 Å². The van der Waals surface area contributed by atoms with Gasteiger partial charge in [0.1, 0.15) is 11.3 Å². The van der Waals surface area contributed by atoms with Gasteiger partial charge >= 0.3 is 6.09 Å². The van der Waals surface area contributed by atoms with E-state index in [1.807, 2.05) is 12.1 Å². The van der Waals surface area contributed by atoms with E-state index in [4.69, 9.17) is 10.6 Å². The van der Waals surface area contributed by atoms with E-state index in [0.29, 0.717) is 16.1 Å². The average Bonchev–Trinajstić information content (AvgIpc) is 2.66. The molecule has 0 aliphatic carbocycles. The third-order valence-corrected chi connectivity index (χ3v) is 3.21. The van der Waals surface area contributed by atoms with Crippen LogP contribution in [0.4, 0.5) is 4.79 Å². The fourth-order valence-electron chi connectivity index (χ4n) is 1.43. The molecule has 7 heteroatoms. The van der Waals surface area contributed by atoms with Crippen molar-refractivity contribution in [3.63, 3.8) is 0 Å². The molecule has 0 saturated heterocycles. The van der Waals surface area contributed by atoms with Gasteiger partial charge in [-0.25, -0.2) is 9.47 Å². The van der Waals surface area contributed by atoms with Crippen molar-refractivity contribution in [2.45, 2.75) is 0 Å². The SMILES string of the molecule is COC(=O)N=c1sc2cccc(OC)c2n1N. The monoisotopic (exact) mass is 253 g/mol. The number of methoxy groups -OCH3 is 2. The first kappa shape index (κ1) is 11.5. The summed E-state index contributed by atoms with van der Waals surface area (Å²) in [5.74, 6) is 6.50. The highest BCUT2D eigenvalue weighted by Crippen LogP contribution is 2.25. The Bertz CT molecular complexity index is 629. The van der Waals surface area contributed by atoms with Crippen LogP contribution < -0.4 is 15.4 Å². The molecule has 0 aliphatic rings. The summed E-state index contributed by atoms with van der Waals surface area (Å²) in [5, 5.41) is 0. The molecule has 1 aromatic heterocycles. The molecule has 1 heterocycles. The molecule has 17 heavy (non-hydrogen) atoms. The first-order valence-corrected chi connectivity index (χ1v) is 5.55. The molecular formula is C10H11N3O3S. The molecule has 2 aromatic rings. The summed E-state index contributed by atoms with van der Waals surface area (Å²) >= 11 is 1.29. The Morgan fingerprint density at radius 2 is 2.24 bits per heavy atom. The van der Waals surface area contributed by atoms with E-state index in [0.717, 1.165) is 4.70 Å². The number of benzene rings is 1. The number of nitrogens with two attached hydrogens (primary N) is 1. The largest absolute Gasteiger partial charge is 0.494 e. The van der Waals surface area contributed by atoms with Gasteiger partial charge in [-0.2, -0.15) is 0 Å². The molecule has 0 unspecified atom stereocenters. The smallest absolute Gasteiger partial charge is 0.436 e. The molecule has 0 atom stereocenters. The predicted molar refractivity (Wildman–Crippen MR) is 64.5 cm³/mol. The number of ether oxygens (including phenoxy) is 2. The number of nitrogen functional groups attached to an aromatic ring is 1. The number of thiazole rings is 1. The molecule has 0 radical (unpaired) electrons. The lowest BCUT2D eigenvalue weighted by Crippen LogP contribution is -2.24. The number of amides is 1. The highest BCUT2D eigenvalue weighted by Gasteiger charge is 2.09. The number of nitrogens with zero attached hydrogens (tertiary/aromatic N) is 2. The highest BCUT2D eigenvalue weighted by atomic mass is 32.1. The standard InChI is InChI=1S/C10H11N3O3S/c1-15-6-4-3-5-7-8(6)13(11)9(17-7)12-10(14)16-2/h3-5H,11H2,1-2H3. The zero-order chi connectivity index (χ0) is 12.4. The predicted octanol–water partition coefficient (Wildman–Crippen LogP) is 1.09. The Hall–Kier alpha value is -2.02. The van der Waals surface area contributed by atoms with Crippen molar-refractivity contribution in [3.8, 4) is 5.75 Å². The lowest BCUT2D eigenvalue weighted by atomic mass is 10.3. The summed E-state index contributed by atoms with van der Waals surface area (Å²) in [6.07, 6.45) is -0.685. The minimum atomic E-state index is -0.685. The van der Waals surface area contributed by atoms with Gasteiger partial charge in [0.2, 0.25) is 4.80 Å². The molecule has 2 rings (SSSR count). The van der Waals surface area contributed by atoms with Crippen LogP contribution in [0.2, 0.25) is 0 Å². The van der Waals surface area contributed by atoms with Crippen LogP contribution in [0.1, 0.15) is 0 Å². The van der Waals surface area contributed by atoms with Crippen molar-refractivity contribution in [2.75, 3.05) is 20.1 Å². The van der Waals surface area contributed by atoms with E-state index in [-0.39, 0.29) is 0 Å². The van der Waals surface area contributed by atoms with E-state index >= 15 is 0 Å². The number of rotatable bonds is 1. The van der Waals surface area contributed by atoms with Gasteiger partial charge in [-0.1, -0.05) is 17.4 Å². The van der Waals surface area contributed by atoms with Gasteiger partial charge in [0.15, 0.2) is 0 Å². The third kappa shape index (κ3) is 1.96. The first-order valence-electron chi connectivity index (χ1n) is 4.73. The zero-order valence-corrected chi connectivity index (χ0v) is 10.2. The van der Waals surface area contributed by atoms with Crippen LogP contribution in [0.15, 0.2) is 23.2 Å². The van der Waals surface area contributed by atoms with E-state index < -0.39 is 6.09 Å². The van der Waals surface area contributed by atoms with Gasteiger partial charge < -0.3 is 15.3 Å². The molecule has 0 saturated carbocycles. The molecule has 1 amide bonds. The Labute approximate surface area is 101 Å². The quantitative estimate of drug-likeness (QED) is 0.772. The third-order valence-electron chi connectivity index (χ3n) is 2.19. The molecule has 0 bridgehead atoms. The minimum absolute atomic E-state index is 0.358.